The van der Waals surface area contributed by atoms with E-state index >= 15 is 0 Å². The fourth-order valence-electron chi connectivity index (χ4n) is 3.16. The van der Waals surface area contributed by atoms with Gasteiger partial charge in [0.25, 0.3) is 5.91 Å². The van der Waals surface area contributed by atoms with Crippen molar-refractivity contribution < 1.29 is 9.59 Å². The lowest BCUT2D eigenvalue weighted by molar-refractivity contribution is -0.117. The summed E-state index contributed by atoms with van der Waals surface area (Å²) < 4.78 is 0. The lowest BCUT2D eigenvalue weighted by atomic mass is 9.85. The van der Waals surface area contributed by atoms with E-state index in [9.17, 15) is 9.59 Å². The van der Waals surface area contributed by atoms with Gasteiger partial charge in [0.15, 0.2) is 0 Å². The van der Waals surface area contributed by atoms with Gasteiger partial charge in [0.1, 0.15) is 0 Å². The summed E-state index contributed by atoms with van der Waals surface area (Å²) in [5.41, 5.74) is 8.16. The number of benzene rings is 1. The van der Waals surface area contributed by atoms with Crippen LogP contribution in [0.1, 0.15) is 54.4 Å². The van der Waals surface area contributed by atoms with E-state index in [0.717, 1.165) is 12.0 Å². The highest BCUT2D eigenvalue weighted by atomic mass is 16.2. The normalized spacial score (nSPS) is 16.7. The Kier molecular flexibility index (Phi) is 6.16. The minimum Gasteiger partial charge on any atom is -0.355 e. The number of carbonyl (C=O) groups is 2. The first-order valence-electron chi connectivity index (χ1n) is 8.40. The van der Waals surface area contributed by atoms with Crippen molar-refractivity contribution in [3.8, 4) is 0 Å². The number of rotatable bonds is 5. The second-order valence-electron chi connectivity index (χ2n) is 6.44. The van der Waals surface area contributed by atoms with Crippen LogP contribution in [0.15, 0.2) is 18.2 Å². The molecule has 1 saturated carbocycles. The zero-order valence-electron chi connectivity index (χ0n) is 14.0. The van der Waals surface area contributed by atoms with E-state index in [1.807, 2.05) is 13.0 Å². The van der Waals surface area contributed by atoms with E-state index in [1.54, 1.807) is 19.2 Å². The Balaban J connectivity index is 1.99. The van der Waals surface area contributed by atoms with Crippen molar-refractivity contribution in [1.29, 1.82) is 0 Å². The van der Waals surface area contributed by atoms with E-state index in [0.29, 0.717) is 17.2 Å². The fraction of sp³-hybridized carbons (Fsp3) is 0.556. The first kappa shape index (κ1) is 17.5. The highest BCUT2D eigenvalue weighted by Crippen LogP contribution is 2.27. The molecule has 0 aromatic heterocycles. The predicted octanol–water partition coefficient (Wildman–Crippen LogP) is 2.59. The maximum Gasteiger partial charge on any atom is 0.251 e. The van der Waals surface area contributed by atoms with Crippen LogP contribution in [0, 0.1) is 12.8 Å². The fourth-order valence-corrected chi connectivity index (χ4v) is 3.16. The summed E-state index contributed by atoms with van der Waals surface area (Å²) in [6.45, 7) is 1.90. The predicted molar refractivity (Wildman–Crippen MR) is 92.4 cm³/mol. The van der Waals surface area contributed by atoms with Gasteiger partial charge in [-0.15, -0.1) is 0 Å². The summed E-state index contributed by atoms with van der Waals surface area (Å²) in [7, 11) is 1.58. The Morgan fingerprint density at radius 1 is 1.26 bits per heavy atom. The Morgan fingerprint density at radius 2 is 1.96 bits per heavy atom. The average molecular weight is 317 g/mol. The van der Waals surface area contributed by atoms with Gasteiger partial charge in [0, 0.05) is 18.3 Å². The molecule has 0 bridgehead atoms. The molecule has 4 N–H and O–H groups in total. The molecule has 2 amide bonds. The van der Waals surface area contributed by atoms with Crippen molar-refractivity contribution >= 4 is 17.5 Å². The van der Waals surface area contributed by atoms with Crippen LogP contribution in [0.2, 0.25) is 0 Å². The molecule has 5 heteroatoms. The van der Waals surface area contributed by atoms with Crippen LogP contribution in [0.3, 0.4) is 0 Å². The molecule has 0 heterocycles. The van der Waals surface area contributed by atoms with E-state index in [4.69, 9.17) is 5.73 Å². The summed E-state index contributed by atoms with van der Waals surface area (Å²) in [5.74, 6) is 0.211. The highest BCUT2D eigenvalue weighted by molar-refractivity contribution is 5.99. The minimum absolute atomic E-state index is 0.173. The van der Waals surface area contributed by atoms with Crippen molar-refractivity contribution in [2.45, 2.75) is 51.5 Å². The molecular weight excluding hydrogens is 290 g/mol. The zero-order valence-corrected chi connectivity index (χ0v) is 14.0. The van der Waals surface area contributed by atoms with Crippen LogP contribution in [-0.2, 0) is 4.79 Å². The molecule has 1 fully saturated rings. The minimum atomic E-state index is -0.499. The lowest BCUT2D eigenvalue weighted by Crippen LogP contribution is -2.37. The number of anilines is 1. The first-order valence-corrected chi connectivity index (χ1v) is 8.40. The molecule has 23 heavy (non-hydrogen) atoms. The maximum atomic E-state index is 12.4. The van der Waals surface area contributed by atoms with Gasteiger partial charge < -0.3 is 16.4 Å². The second kappa shape index (κ2) is 8.11. The number of nitrogens with two attached hydrogens (primary N) is 1. The Hall–Kier alpha value is -1.88. The molecule has 0 saturated heterocycles. The first-order chi connectivity index (χ1) is 11.0. The molecule has 1 aliphatic rings. The molecule has 5 nitrogen and oxygen atoms in total. The van der Waals surface area contributed by atoms with Crippen molar-refractivity contribution in [3.05, 3.63) is 29.3 Å². The van der Waals surface area contributed by atoms with Crippen molar-refractivity contribution in [3.63, 3.8) is 0 Å². The van der Waals surface area contributed by atoms with Crippen molar-refractivity contribution in [1.82, 2.24) is 5.32 Å². The summed E-state index contributed by atoms with van der Waals surface area (Å²) in [6, 6.07) is 4.76. The third-order valence-corrected chi connectivity index (χ3v) is 4.63. The highest BCUT2D eigenvalue weighted by Gasteiger charge is 2.21. The maximum absolute atomic E-state index is 12.4. The SMILES string of the molecule is CNC(=O)c1ccc(C)c(NC(=O)[C@@H](N)CC2CCCCC2)c1. The quantitative estimate of drug-likeness (QED) is 0.780. The van der Waals surface area contributed by atoms with Gasteiger partial charge in [-0.05, 0) is 37.0 Å². The molecule has 1 aromatic rings. The number of hydrogen-bond donors (Lipinski definition) is 3. The van der Waals surface area contributed by atoms with Crippen LogP contribution in [0.25, 0.3) is 0 Å². The molecule has 126 valence electrons. The van der Waals surface area contributed by atoms with Crippen LogP contribution >= 0.6 is 0 Å². The molecule has 0 spiro atoms. The summed E-state index contributed by atoms with van der Waals surface area (Å²) in [6.07, 6.45) is 6.86. The third-order valence-electron chi connectivity index (χ3n) is 4.63. The Bertz CT molecular complexity index is 565. The van der Waals surface area contributed by atoms with Crippen molar-refractivity contribution in [2.75, 3.05) is 12.4 Å². The molecule has 0 unspecified atom stereocenters. The second-order valence-corrected chi connectivity index (χ2v) is 6.44. The number of hydrogen-bond acceptors (Lipinski definition) is 3. The third kappa shape index (κ3) is 4.79. The molecule has 2 rings (SSSR count). The summed E-state index contributed by atoms with van der Waals surface area (Å²) in [4.78, 5) is 24.1. The van der Waals surface area contributed by atoms with E-state index in [-0.39, 0.29) is 11.8 Å². The molecule has 1 aliphatic carbocycles. The van der Waals surface area contributed by atoms with Crippen LogP contribution in [-0.4, -0.2) is 24.9 Å². The van der Waals surface area contributed by atoms with E-state index in [1.165, 1.54) is 32.1 Å². The molecule has 0 aliphatic heterocycles. The molecular formula is C18H27N3O2. The van der Waals surface area contributed by atoms with Gasteiger partial charge in [-0.2, -0.15) is 0 Å². The standard InChI is InChI=1S/C18H27N3O2/c1-12-8-9-14(17(22)20-2)11-16(12)21-18(23)15(19)10-13-6-4-3-5-7-13/h8-9,11,13,15H,3-7,10,19H2,1-2H3,(H,20,22)(H,21,23)/t15-/m0/s1. The largest absolute Gasteiger partial charge is 0.355 e. The van der Waals surface area contributed by atoms with Crippen molar-refractivity contribution in [2.24, 2.45) is 11.7 Å². The van der Waals surface area contributed by atoms with Gasteiger partial charge in [-0.25, -0.2) is 0 Å². The molecule has 1 aromatic carbocycles. The average Bonchev–Trinajstić information content (AvgIpc) is 2.56. The van der Waals surface area contributed by atoms with E-state index < -0.39 is 6.04 Å². The van der Waals surface area contributed by atoms with Gasteiger partial charge in [-0.1, -0.05) is 38.2 Å². The number of nitrogens with one attached hydrogen (secondary N) is 2. The Morgan fingerprint density at radius 3 is 2.61 bits per heavy atom. The smallest absolute Gasteiger partial charge is 0.251 e. The number of carbonyl (C=O) groups excluding carboxylic acids is 2. The summed E-state index contributed by atoms with van der Waals surface area (Å²) in [5, 5.41) is 5.46. The van der Waals surface area contributed by atoms with Gasteiger partial charge >= 0.3 is 0 Å². The van der Waals surface area contributed by atoms with Gasteiger partial charge in [0.2, 0.25) is 5.91 Å². The lowest BCUT2D eigenvalue weighted by Gasteiger charge is -2.24. The monoisotopic (exact) mass is 317 g/mol. The van der Waals surface area contributed by atoms with Gasteiger partial charge in [0.05, 0.1) is 6.04 Å². The molecule has 0 radical (unpaired) electrons. The van der Waals surface area contributed by atoms with Gasteiger partial charge in [-0.3, -0.25) is 9.59 Å². The zero-order chi connectivity index (χ0) is 16.8. The number of amides is 2. The van der Waals surface area contributed by atoms with Crippen LogP contribution < -0.4 is 16.4 Å². The van der Waals surface area contributed by atoms with Crippen LogP contribution in [0.5, 0.6) is 0 Å². The topological polar surface area (TPSA) is 84.2 Å². The number of aryl methyl sites for hydroxylation is 1. The van der Waals surface area contributed by atoms with E-state index in [2.05, 4.69) is 10.6 Å². The molecule has 1 atom stereocenters. The van der Waals surface area contributed by atoms with Crippen LogP contribution in [0.4, 0.5) is 5.69 Å². The summed E-state index contributed by atoms with van der Waals surface area (Å²) >= 11 is 0. The Labute approximate surface area is 138 Å².